The van der Waals surface area contributed by atoms with Crippen molar-refractivity contribution in [1.29, 1.82) is 0 Å². The van der Waals surface area contributed by atoms with Crippen LogP contribution in [0.25, 0.3) is 0 Å². The van der Waals surface area contributed by atoms with Crippen LogP contribution in [0.5, 0.6) is 0 Å². The minimum Gasteiger partial charge on any atom is -0.444 e. The number of carbonyl (C=O) groups is 2. The molecule has 0 aliphatic heterocycles. The maximum Gasteiger partial charge on any atom is 0.407 e. The Morgan fingerprint density at radius 2 is 2.00 bits per heavy atom. The van der Waals surface area contributed by atoms with Crippen molar-refractivity contribution in [2.45, 2.75) is 32.8 Å². The van der Waals surface area contributed by atoms with Gasteiger partial charge in [-0.15, -0.1) is 0 Å². The number of carbonyl (C=O) groups excluding carboxylic acids is 2. The number of hydrogen-bond donors (Lipinski definition) is 1. The van der Waals surface area contributed by atoms with Gasteiger partial charge in [-0.25, -0.2) is 4.79 Å². The fourth-order valence-corrected chi connectivity index (χ4v) is 1.94. The van der Waals surface area contributed by atoms with Crippen molar-refractivity contribution < 1.29 is 14.3 Å². The number of ketones is 1. The fraction of sp³-hybridized carbons (Fsp3) is 0.429. The summed E-state index contributed by atoms with van der Waals surface area (Å²) in [6, 6.07) is 7.38. The summed E-state index contributed by atoms with van der Waals surface area (Å²) >= 11 is 2.16. The normalized spacial score (nSPS) is 10.9. The Labute approximate surface area is 127 Å². The predicted molar refractivity (Wildman–Crippen MR) is 82.3 cm³/mol. The molecule has 0 bridgehead atoms. The van der Waals surface area contributed by atoms with E-state index in [0.717, 1.165) is 3.57 Å². The molecule has 1 aromatic rings. The lowest BCUT2D eigenvalue weighted by atomic mass is 10.1. The zero-order valence-electron chi connectivity index (χ0n) is 11.3. The molecule has 0 saturated heterocycles. The summed E-state index contributed by atoms with van der Waals surface area (Å²) in [7, 11) is 0. The quantitative estimate of drug-likeness (QED) is 0.649. The second kappa shape index (κ2) is 6.88. The van der Waals surface area contributed by atoms with Gasteiger partial charge in [-0.05, 0) is 55.5 Å². The largest absolute Gasteiger partial charge is 0.444 e. The average Bonchev–Trinajstić information content (AvgIpc) is 2.26. The van der Waals surface area contributed by atoms with Crippen LogP contribution >= 0.6 is 22.6 Å². The standard InChI is InChI=1S/C14H18INO3/c1-14(2,3)19-13(18)16-8-7-12(17)10-5-4-6-11(15)9-10/h4-6,9H,7-8H2,1-3H3,(H,16,18). The molecule has 5 heteroatoms. The average molecular weight is 375 g/mol. The number of ether oxygens (including phenoxy) is 1. The molecule has 0 fully saturated rings. The molecule has 0 heterocycles. The number of nitrogens with one attached hydrogen (secondary N) is 1. The van der Waals surface area contributed by atoms with E-state index in [2.05, 4.69) is 27.9 Å². The van der Waals surface area contributed by atoms with Crippen LogP contribution in [0.2, 0.25) is 0 Å². The molecule has 1 rings (SSSR count). The van der Waals surface area contributed by atoms with Gasteiger partial charge in [-0.3, -0.25) is 4.79 Å². The highest BCUT2D eigenvalue weighted by Crippen LogP contribution is 2.10. The topological polar surface area (TPSA) is 55.4 Å². The Bertz CT molecular complexity index is 466. The highest BCUT2D eigenvalue weighted by molar-refractivity contribution is 14.1. The lowest BCUT2D eigenvalue weighted by molar-refractivity contribution is 0.0527. The monoisotopic (exact) mass is 375 g/mol. The maximum atomic E-state index is 11.9. The summed E-state index contributed by atoms with van der Waals surface area (Å²) in [4.78, 5) is 23.3. The summed E-state index contributed by atoms with van der Waals surface area (Å²) < 4.78 is 6.10. The smallest absolute Gasteiger partial charge is 0.407 e. The highest BCUT2D eigenvalue weighted by Gasteiger charge is 2.16. The van der Waals surface area contributed by atoms with Crippen LogP contribution in [0.1, 0.15) is 37.6 Å². The number of benzene rings is 1. The van der Waals surface area contributed by atoms with Crippen LogP contribution in [-0.2, 0) is 4.74 Å². The first-order chi connectivity index (χ1) is 8.78. The van der Waals surface area contributed by atoms with E-state index in [1.165, 1.54) is 0 Å². The SMILES string of the molecule is CC(C)(C)OC(=O)NCCC(=O)c1cccc(I)c1. The second-order valence-corrected chi connectivity index (χ2v) is 6.36. The molecule has 4 nitrogen and oxygen atoms in total. The van der Waals surface area contributed by atoms with Gasteiger partial charge in [0.15, 0.2) is 5.78 Å². The van der Waals surface area contributed by atoms with Crippen LogP contribution in [0.15, 0.2) is 24.3 Å². The van der Waals surface area contributed by atoms with Gasteiger partial charge in [0.1, 0.15) is 5.60 Å². The van der Waals surface area contributed by atoms with Crippen LogP contribution in [-0.4, -0.2) is 24.0 Å². The number of hydrogen-bond acceptors (Lipinski definition) is 3. The van der Waals surface area contributed by atoms with Crippen molar-refractivity contribution in [1.82, 2.24) is 5.32 Å². The van der Waals surface area contributed by atoms with Gasteiger partial charge >= 0.3 is 6.09 Å². The van der Waals surface area contributed by atoms with Crippen molar-refractivity contribution in [2.24, 2.45) is 0 Å². The molecule has 0 spiro atoms. The van der Waals surface area contributed by atoms with E-state index >= 15 is 0 Å². The van der Waals surface area contributed by atoms with E-state index in [1.807, 2.05) is 18.2 Å². The molecule has 0 aliphatic rings. The van der Waals surface area contributed by atoms with Gasteiger partial charge in [0.25, 0.3) is 0 Å². The van der Waals surface area contributed by atoms with Crippen LogP contribution in [0, 0.1) is 3.57 Å². The van der Waals surface area contributed by atoms with Crippen LogP contribution in [0.3, 0.4) is 0 Å². The lowest BCUT2D eigenvalue weighted by Crippen LogP contribution is -2.33. The van der Waals surface area contributed by atoms with Crippen LogP contribution < -0.4 is 5.32 Å². The third kappa shape index (κ3) is 6.56. The predicted octanol–water partition coefficient (Wildman–Crippen LogP) is 3.39. The fourth-order valence-electron chi connectivity index (χ4n) is 1.40. The Kier molecular flexibility index (Phi) is 5.78. The minimum absolute atomic E-state index is 0.00887. The zero-order valence-corrected chi connectivity index (χ0v) is 13.5. The Morgan fingerprint density at radius 1 is 1.32 bits per heavy atom. The number of amides is 1. The third-order valence-electron chi connectivity index (χ3n) is 2.17. The molecular formula is C14H18INO3. The Morgan fingerprint density at radius 3 is 2.58 bits per heavy atom. The zero-order chi connectivity index (χ0) is 14.5. The van der Waals surface area contributed by atoms with Gasteiger partial charge in [0.2, 0.25) is 0 Å². The number of alkyl carbamates (subject to hydrolysis) is 1. The Hall–Kier alpha value is -1.11. The first kappa shape index (κ1) is 15.9. The maximum absolute atomic E-state index is 11.9. The summed E-state index contributed by atoms with van der Waals surface area (Å²) in [5, 5.41) is 2.57. The van der Waals surface area contributed by atoms with E-state index in [0.29, 0.717) is 5.56 Å². The number of Topliss-reactive ketones (excluding diaryl/α,β-unsaturated/α-hetero) is 1. The molecule has 19 heavy (non-hydrogen) atoms. The molecule has 0 saturated carbocycles. The summed E-state index contributed by atoms with van der Waals surface area (Å²) in [6.07, 6.45) is -0.234. The van der Waals surface area contributed by atoms with Crippen molar-refractivity contribution >= 4 is 34.5 Å². The molecule has 1 N–H and O–H groups in total. The van der Waals surface area contributed by atoms with E-state index in [9.17, 15) is 9.59 Å². The van der Waals surface area contributed by atoms with Gasteiger partial charge in [0.05, 0.1) is 0 Å². The molecule has 1 aromatic carbocycles. The van der Waals surface area contributed by atoms with Crippen molar-refractivity contribution in [3.05, 3.63) is 33.4 Å². The molecule has 0 atom stereocenters. The third-order valence-corrected chi connectivity index (χ3v) is 2.84. The van der Waals surface area contributed by atoms with Crippen LogP contribution in [0.4, 0.5) is 4.79 Å². The summed E-state index contributed by atoms with van der Waals surface area (Å²) in [6.45, 7) is 5.66. The summed E-state index contributed by atoms with van der Waals surface area (Å²) in [5.74, 6) is 0.00887. The second-order valence-electron chi connectivity index (χ2n) is 5.11. The van der Waals surface area contributed by atoms with E-state index in [1.54, 1.807) is 26.8 Å². The minimum atomic E-state index is -0.524. The number of halogens is 1. The van der Waals surface area contributed by atoms with E-state index in [-0.39, 0.29) is 18.7 Å². The van der Waals surface area contributed by atoms with Gasteiger partial charge in [0, 0.05) is 22.1 Å². The Balaban J connectivity index is 2.37. The highest BCUT2D eigenvalue weighted by atomic mass is 127. The van der Waals surface area contributed by atoms with Gasteiger partial charge in [-0.1, -0.05) is 12.1 Å². The molecule has 1 amide bonds. The lowest BCUT2D eigenvalue weighted by Gasteiger charge is -2.19. The first-order valence-electron chi connectivity index (χ1n) is 6.03. The van der Waals surface area contributed by atoms with Gasteiger partial charge < -0.3 is 10.1 Å². The van der Waals surface area contributed by atoms with Crippen molar-refractivity contribution in [3.8, 4) is 0 Å². The van der Waals surface area contributed by atoms with Crippen molar-refractivity contribution in [3.63, 3.8) is 0 Å². The van der Waals surface area contributed by atoms with E-state index in [4.69, 9.17) is 4.74 Å². The van der Waals surface area contributed by atoms with Gasteiger partial charge in [-0.2, -0.15) is 0 Å². The molecule has 0 aliphatic carbocycles. The molecule has 0 unspecified atom stereocenters. The van der Waals surface area contributed by atoms with E-state index < -0.39 is 11.7 Å². The number of rotatable bonds is 4. The summed E-state index contributed by atoms with van der Waals surface area (Å²) in [5.41, 5.74) is 0.141. The molecule has 0 aromatic heterocycles. The first-order valence-corrected chi connectivity index (χ1v) is 7.11. The van der Waals surface area contributed by atoms with Crippen molar-refractivity contribution in [2.75, 3.05) is 6.54 Å². The molecule has 0 radical (unpaired) electrons. The molecule has 104 valence electrons. The molecular weight excluding hydrogens is 357 g/mol.